The quantitative estimate of drug-likeness (QED) is 0.0278. The van der Waals surface area contributed by atoms with Crippen molar-refractivity contribution in [1.29, 1.82) is 0 Å². The lowest BCUT2D eigenvalue weighted by atomic mass is 9.99. The molecule has 0 saturated carbocycles. The SMILES string of the molecule is CC(C)(C)OC(=O)N[C@@H](Cc1ccc(O)cc1)C(=O)N[C@@H](CCCCNC(=O)CCCCC(=O)OCc1ccccc1)C(=O)NCC(=O)OCC(=O)NC(c1ccccc1)c1ccccc1. The van der Waals surface area contributed by atoms with Gasteiger partial charge in [0.05, 0.1) is 6.04 Å². The molecule has 66 heavy (non-hydrogen) atoms. The van der Waals surface area contributed by atoms with E-state index in [2.05, 4.69) is 26.6 Å². The van der Waals surface area contributed by atoms with Gasteiger partial charge in [-0.05, 0) is 87.3 Å². The number of phenols is 1. The van der Waals surface area contributed by atoms with Crippen LogP contribution in [-0.2, 0) is 56.0 Å². The van der Waals surface area contributed by atoms with E-state index in [1.54, 1.807) is 32.9 Å². The van der Waals surface area contributed by atoms with E-state index >= 15 is 0 Å². The monoisotopic (exact) mass is 907 g/mol. The summed E-state index contributed by atoms with van der Waals surface area (Å²) in [6.45, 7) is 4.23. The topological polar surface area (TPSA) is 228 Å². The number of nitrogens with one attached hydrogen (secondary N) is 5. The number of phenolic OH excluding ortho intramolecular Hbond substituents is 1. The summed E-state index contributed by atoms with van der Waals surface area (Å²) >= 11 is 0. The Kier molecular flexibility index (Phi) is 21.2. The number of carbonyl (C=O) groups excluding carboxylic acids is 7. The average molecular weight is 908 g/mol. The molecule has 0 spiro atoms. The highest BCUT2D eigenvalue weighted by Gasteiger charge is 2.29. The maximum atomic E-state index is 13.9. The predicted octanol–water partition coefficient (Wildman–Crippen LogP) is 5.47. The van der Waals surface area contributed by atoms with Crippen molar-refractivity contribution in [3.8, 4) is 5.75 Å². The molecular weight excluding hydrogens is 847 g/mol. The van der Waals surface area contributed by atoms with Crippen LogP contribution in [0, 0.1) is 0 Å². The van der Waals surface area contributed by atoms with E-state index < -0.39 is 66.7 Å². The Labute approximate surface area is 385 Å². The molecule has 0 fully saturated rings. The number of hydrogen-bond acceptors (Lipinski definition) is 11. The molecule has 2 atom stereocenters. The highest BCUT2D eigenvalue weighted by atomic mass is 16.6. The fraction of sp³-hybridized carbons (Fsp3) is 0.380. The van der Waals surface area contributed by atoms with E-state index in [0.717, 1.165) is 16.7 Å². The van der Waals surface area contributed by atoms with Crippen LogP contribution in [0.25, 0.3) is 0 Å². The minimum absolute atomic E-state index is 0.00671. The van der Waals surface area contributed by atoms with Gasteiger partial charge in [-0.15, -0.1) is 0 Å². The zero-order chi connectivity index (χ0) is 47.7. The molecule has 4 rings (SSSR count). The number of benzene rings is 4. The molecule has 16 heteroatoms. The van der Waals surface area contributed by atoms with E-state index in [1.807, 2.05) is 91.0 Å². The van der Waals surface area contributed by atoms with E-state index in [9.17, 15) is 38.7 Å². The molecule has 16 nitrogen and oxygen atoms in total. The van der Waals surface area contributed by atoms with Gasteiger partial charge in [0.1, 0.15) is 36.6 Å². The first-order valence-corrected chi connectivity index (χ1v) is 22.0. The van der Waals surface area contributed by atoms with Crippen molar-refractivity contribution in [2.75, 3.05) is 19.7 Å². The minimum Gasteiger partial charge on any atom is -0.508 e. The molecule has 0 radical (unpaired) electrons. The molecule has 0 aromatic heterocycles. The third kappa shape index (κ3) is 20.1. The largest absolute Gasteiger partial charge is 0.508 e. The summed E-state index contributed by atoms with van der Waals surface area (Å²) in [6, 6.07) is 31.0. The Balaban J connectivity index is 1.31. The Bertz CT molecular complexity index is 2130. The lowest BCUT2D eigenvalue weighted by molar-refractivity contribution is -0.148. The fourth-order valence-electron chi connectivity index (χ4n) is 6.56. The summed E-state index contributed by atoms with van der Waals surface area (Å²) in [5.74, 6) is -3.46. The van der Waals surface area contributed by atoms with Crippen LogP contribution in [0.1, 0.15) is 94.0 Å². The smallest absolute Gasteiger partial charge is 0.408 e. The summed E-state index contributed by atoms with van der Waals surface area (Å²) in [6.07, 6.45) is 1.33. The average Bonchev–Trinajstić information content (AvgIpc) is 3.30. The van der Waals surface area contributed by atoms with Crippen molar-refractivity contribution < 1.29 is 52.9 Å². The van der Waals surface area contributed by atoms with Crippen LogP contribution in [-0.4, -0.2) is 84.1 Å². The van der Waals surface area contributed by atoms with Gasteiger partial charge in [-0.2, -0.15) is 0 Å². The van der Waals surface area contributed by atoms with Gasteiger partial charge in [0.2, 0.25) is 17.7 Å². The number of rotatable bonds is 25. The van der Waals surface area contributed by atoms with Crippen LogP contribution in [0.2, 0.25) is 0 Å². The molecule has 0 heterocycles. The van der Waals surface area contributed by atoms with E-state index in [-0.39, 0.29) is 56.5 Å². The number of aromatic hydroxyl groups is 1. The molecule has 0 bridgehead atoms. The highest BCUT2D eigenvalue weighted by Crippen LogP contribution is 2.22. The second-order valence-electron chi connectivity index (χ2n) is 16.5. The van der Waals surface area contributed by atoms with Crippen LogP contribution >= 0.6 is 0 Å². The zero-order valence-electron chi connectivity index (χ0n) is 37.7. The molecule has 0 saturated heterocycles. The maximum absolute atomic E-state index is 13.9. The van der Waals surface area contributed by atoms with Gasteiger partial charge in [0, 0.05) is 25.8 Å². The number of unbranched alkanes of at least 4 members (excludes halogenated alkanes) is 2. The van der Waals surface area contributed by atoms with Crippen molar-refractivity contribution in [3.05, 3.63) is 138 Å². The molecule has 6 N–H and O–H groups in total. The van der Waals surface area contributed by atoms with Gasteiger partial charge in [-0.1, -0.05) is 103 Å². The summed E-state index contributed by atoms with van der Waals surface area (Å²) in [7, 11) is 0. The van der Waals surface area contributed by atoms with Crippen LogP contribution < -0.4 is 26.6 Å². The van der Waals surface area contributed by atoms with Crippen molar-refractivity contribution in [3.63, 3.8) is 0 Å². The van der Waals surface area contributed by atoms with Crippen molar-refractivity contribution >= 4 is 41.7 Å². The molecular formula is C50H61N5O11. The molecule has 0 aliphatic rings. The Morgan fingerprint density at radius 3 is 1.80 bits per heavy atom. The van der Waals surface area contributed by atoms with Crippen LogP contribution in [0.15, 0.2) is 115 Å². The molecule has 0 aliphatic carbocycles. The molecule has 4 aromatic rings. The second kappa shape index (κ2) is 27.2. The Hall–Kier alpha value is -7.23. The van der Waals surface area contributed by atoms with Gasteiger partial charge in [0.25, 0.3) is 5.91 Å². The third-order valence-corrected chi connectivity index (χ3v) is 9.88. The standard InChI is InChI=1S/C50H61N5O11/c1-50(2,3)66-49(63)54-41(31-35-26-28-39(56)29-27-35)48(62)53-40(23-15-16-30-51-42(57)24-13-14-25-44(59)64-33-36-17-7-4-8-18-36)47(61)52-32-45(60)65-34-43(58)55-46(37-19-9-5-10-20-37)38-21-11-6-12-22-38/h4-12,17-22,26-29,40-41,46,56H,13-16,23-25,30-34H2,1-3H3,(H,51,57)(H,52,61)(H,53,62)(H,54,63)(H,55,58)/t40-,41-/m0/s1. The van der Waals surface area contributed by atoms with Crippen LogP contribution in [0.3, 0.4) is 0 Å². The number of ether oxygens (including phenoxy) is 3. The summed E-state index contributed by atoms with van der Waals surface area (Å²) in [5, 5.41) is 23.2. The van der Waals surface area contributed by atoms with Gasteiger partial charge in [0.15, 0.2) is 6.61 Å². The van der Waals surface area contributed by atoms with Crippen molar-refractivity contribution in [1.82, 2.24) is 26.6 Å². The van der Waals surface area contributed by atoms with E-state index in [0.29, 0.717) is 31.2 Å². The Morgan fingerprint density at radius 1 is 0.576 bits per heavy atom. The van der Waals surface area contributed by atoms with Crippen LogP contribution in [0.4, 0.5) is 4.79 Å². The van der Waals surface area contributed by atoms with Crippen molar-refractivity contribution in [2.45, 2.75) is 102 Å². The summed E-state index contributed by atoms with van der Waals surface area (Å²) < 4.78 is 15.9. The molecule has 5 amide bonds. The lowest BCUT2D eigenvalue weighted by Crippen LogP contribution is -2.55. The highest BCUT2D eigenvalue weighted by molar-refractivity contribution is 5.92. The summed E-state index contributed by atoms with van der Waals surface area (Å²) in [5.41, 5.74) is 2.25. The lowest BCUT2D eigenvalue weighted by Gasteiger charge is -2.25. The number of carbonyl (C=O) groups is 7. The van der Waals surface area contributed by atoms with Crippen molar-refractivity contribution in [2.24, 2.45) is 0 Å². The molecule has 0 unspecified atom stereocenters. The van der Waals surface area contributed by atoms with Crippen LogP contribution in [0.5, 0.6) is 5.75 Å². The normalized spacial score (nSPS) is 11.9. The Morgan fingerprint density at radius 2 is 1.18 bits per heavy atom. The first-order valence-electron chi connectivity index (χ1n) is 22.0. The van der Waals surface area contributed by atoms with E-state index in [1.165, 1.54) is 12.1 Å². The molecule has 0 aliphatic heterocycles. The second-order valence-corrected chi connectivity index (χ2v) is 16.5. The number of amides is 5. The van der Waals surface area contributed by atoms with Gasteiger partial charge >= 0.3 is 18.0 Å². The summed E-state index contributed by atoms with van der Waals surface area (Å²) in [4.78, 5) is 90.8. The van der Waals surface area contributed by atoms with E-state index in [4.69, 9.17) is 14.2 Å². The van der Waals surface area contributed by atoms with Gasteiger partial charge < -0.3 is 45.9 Å². The number of hydrogen-bond donors (Lipinski definition) is 6. The predicted molar refractivity (Wildman–Crippen MR) is 245 cm³/mol. The fourth-order valence-corrected chi connectivity index (χ4v) is 6.56. The maximum Gasteiger partial charge on any atom is 0.408 e. The first-order chi connectivity index (χ1) is 31.6. The van der Waals surface area contributed by atoms with Gasteiger partial charge in [-0.25, -0.2) is 4.79 Å². The first kappa shape index (κ1) is 51.4. The molecule has 352 valence electrons. The minimum atomic E-state index is -1.22. The van der Waals surface area contributed by atoms with Gasteiger partial charge in [-0.3, -0.25) is 28.8 Å². The number of esters is 2. The number of alkyl carbamates (subject to hydrolysis) is 1. The third-order valence-electron chi connectivity index (χ3n) is 9.88. The molecule has 4 aromatic carbocycles. The zero-order valence-corrected chi connectivity index (χ0v) is 37.7.